The molecule has 0 aromatic heterocycles. The molecule has 0 aliphatic carbocycles. The minimum atomic E-state index is -0.135. The van der Waals surface area contributed by atoms with Crippen LogP contribution in [0.1, 0.15) is 31.4 Å². The number of carbonyl (C=O) groups excluding carboxylic acids is 1. The van der Waals surface area contributed by atoms with Gasteiger partial charge in [0.1, 0.15) is 0 Å². The molecule has 0 saturated carbocycles. The van der Waals surface area contributed by atoms with Crippen LogP contribution < -0.4 is 5.32 Å². The predicted molar refractivity (Wildman–Crippen MR) is 86.4 cm³/mol. The minimum absolute atomic E-state index is 0.00129. The number of aliphatic hydroxyl groups is 1. The van der Waals surface area contributed by atoms with E-state index < -0.39 is 0 Å². The van der Waals surface area contributed by atoms with Crippen molar-refractivity contribution in [3.63, 3.8) is 0 Å². The Kier molecular flexibility index (Phi) is 6.96. The fourth-order valence-corrected chi connectivity index (χ4v) is 2.50. The van der Waals surface area contributed by atoms with E-state index in [1.807, 2.05) is 39.0 Å². The lowest BCUT2D eigenvalue weighted by atomic mass is 10.0. The molecular weight excluding hydrogens is 318 g/mol. The maximum Gasteiger partial charge on any atom is 0.244 e. The molecule has 1 aromatic carbocycles. The average Bonchev–Trinajstić information content (AvgIpc) is 2.37. The number of benzene rings is 1. The van der Waals surface area contributed by atoms with Crippen LogP contribution in [0.3, 0.4) is 0 Å². The highest BCUT2D eigenvalue weighted by atomic mass is 79.9. The number of halogens is 1. The van der Waals surface area contributed by atoms with Crippen LogP contribution in [-0.2, 0) is 4.79 Å². The average molecular weight is 340 g/mol. The summed E-state index contributed by atoms with van der Waals surface area (Å²) in [5.41, 5.74) is 2.13. The van der Waals surface area contributed by atoms with Gasteiger partial charge in [0, 0.05) is 23.2 Å². The maximum atomic E-state index is 11.9. The normalized spacial score (nSPS) is 12.9. The first-order valence-electron chi connectivity index (χ1n) is 6.79. The van der Waals surface area contributed by atoms with E-state index >= 15 is 0 Å². The first kappa shape index (κ1) is 16.9. The molecule has 1 amide bonds. The Hall–Kier alpha value is -1.13. The number of hydrogen-bond acceptors (Lipinski definition) is 2. The van der Waals surface area contributed by atoms with E-state index in [2.05, 4.69) is 21.2 Å². The molecule has 1 aromatic rings. The van der Waals surface area contributed by atoms with Crippen molar-refractivity contribution in [2.24, 2.45) is 5.92 Å². The fourth-order valence-electron chi connectivity index (χ4n) is 1.87. The van der Waals surface area contributed by atoms with Gasteiger partial charge in [0.25, 0.3) is 0 Å². The van der Waals surface area contributed by atoms with Crippen molar-refractivity contribution in [2.75, 3.05) is 6.61 Å². The van der Waals surface area contributed by atoms with Gasteiger partial charge < -0.3 is 10.4 Å². The summed E-state index contributed by atoms with van der Waals surface area (Å²) in [6.45, 7) is 6.16. The van der Waals surface area contributed by atoms with Crippen LogP contribution >= 0.6 is 15.9 Å². The second-order valence-electron chi connectivity index (χ2n) is 5.23. The third kappa shape index (κ3) is 5.47. The molecule has 110 valence electrons. The Morgan fingerprint density at radius 3 is 2.70 bits per heavy atom. The Labute approximate surface area is 129 Å². The van der Waals surface area contributed by atoms with E-state index in [9.17, 15) is 4.79 Å². The molecule has 4 heteroatoms. The molecule has 0 spiro atoms. The number of carbonyl (C=O) groups is 1. The lowest BCUT2D eigenvalue weighted by Crippen LogP contribution is -2.38. The molecule has 3 nitrogen and oxygen atoms in total. The Morgan fingerprint density at radius 2 is 2.15 bits per heavy atom. The van der Waals surface area contributed by atoms with Gasteiger partial charge in [-0.1, -0.05) is 41.9 Å². The van der Waals surface area contributed by atoms with Crippen molar-refractivity contribution in [2.45, 2.75) is 33.2 Å². The quantitative estimate of drug-likeness (QED) is 0.781. The standard InChI is InChI=1S/C16H22BrNO2/c1-11(2)15(8-9-19)18-16(20)7-6-13-5-4-12(3)10-14(13)17/h4-7,10-11,15,19H,8-9H2,1-3H3,(H,18,20)/b7-6+. The minimum Gasteiger partial charge on any atom is -0.396 e. The first-order chi connectivity index (χ1) is 9.43. The predicted octanol–water partition coefficient (Wildman–Crippen LogP) is 3.29. The van der Waals surface area contributed by atoms with Gasteiger partial charge in [-0.25, -0.2) is 0 Å². The number of rotatable bonds is 6. The molecule has 0 heterocycles. The van der Waals surface area contributed by atoms with Crippen LogP contribution in [0.25, 0.3) is 6.08 Å². The van der Waals surface area contributed by atoms with E-state index in [4.69, 9.17) is 5.11 Å². The maximum absolute atomic E-state index is 11.9. The topological polar surface area (TPSA) is 49.3 Å². The third-order valence-electron chi connectivity index (χ3n) is 3.14. The summed E-state index contributed by atoms with van der Waals surface area (Å²) in [6, 6.07) is 5.99. The zero-order valence-corrected chi connectivity index (χ0v) is 13.8. The monoisotopic (exact) mass is 339 g/mol. The van der Waals surface area contributed by atoms with Crippen LogP contribution in [0.15, 0.2) is 28.7 Å². The van der Waals surface area contributed by atoms with Crippen LogP contribution in [0.2, 0.25) is 0 Å². The lowest BCUT2D eigenvalue weighted by molar-refractivity contribution is -0.117. The highest BCUT2D eigenvalue weighted by molar-refractivity contribution is 9.10. The number of amides is 1. The summed E-state index contributed by atoms with van der Waals surface area (Å²) in [4.78, 5) is 11.9. The van der Waals surface area contributed by atoms with Crippen molar-refractivity contribution in [1.82, 2.24) is 5.32 Å². The van der Waals surface area contributed by atoms with Gasteiger partial charge in [-0.05, 0) is 42.5 Å². The van der Waals surface area contributed by atoms with Crippen LogP contribution in [0.5, 0.6) is 0 Å². The molecule has 2 N–H and O–H groups in total. The van der Waals surface area contributed by atoms with Gasteiger partial charge in [-0.3, -0.25) is 4.79 Å². The number of aliphatic hydroxyl groups excluding tert-OH is 1. The highest BCUT2D eigenvalue weighted by Crippen LogP contribution is 2.19. The van der Waals surface area contributed by atoms with Crippen molar-refractivity contribution < 1.29 is 9.90 Å². The summed E-state index contributed by atoms with van der Waals surface area (Å²) in [5.74, 6) is 0.162. The van der Waals surface area contributed by atoms with E-state index in [-0.39, 0.29) is 18.6 Å². The molecular formula is C16H22BrNO2. The van der Waals surface area contributed by atoms with Crippen molar-refractivity contribution in [1.29, 1.82) is 0 Å². The summed E-state index contributed by atoms with van der Waals surface area (Å²) in [6.07, 6.45) is 3.89. The molecule has 0 saturated heterocycles. The Bertz CT molecular complexity index is 483. The molecule has 0 aliphatic rings. The zero-order valence-electron chi connectivity index (χ0n) is 12.2. The van der Waals surface area contributed by atoms with Crippen LogP contribution in [0, 0.1) is 12.8 Å². The second kappa shape index (κ2) is 8.22. The van der Waals surface area contributed by atoms with E-state index in [0.29, 0.717) is 12.3 Å². The third-order valence-corrected chi connectivity index (χ3v) is 3.83. The van der Waals surface area contributed by atoms with Gasteiger partial charge in [-0.15, -0.1) is 0 Å². The van der Waals surface area contributed by atoms with Crippen molar-refractivity contribution >= 4 is 27.9 Å². The van der Waals surface area contributed by atoms with Gasteiger partial charge in [0.2, 0.25) is 5.91 Å². The van der Waals surface area contributed by atoms with Crippen molar-refractivity contribution in [3.8, 4) is 0 Å². The van der Waals surface area contributed by atoms with Gasteiger partial charge in [0.15, 0.2) is 0 Å². The molecule has 1 atom stereocenters. The Balaban J connectivity index is 2.67. The van der Waals surface area contributed by atoms with Crippen molar-refractivity contribution in [3.05, 3.63) is 39.9 Å². The molecule has 1 rings (SSSR count). The molecule has 0 fully saturated rings. The van der Waals surface area contributed by atoms with Gasteiger partial charge >= 0.3 is 0 Å². The molecule has 0 bridgehead atoms. The van der Waals surface area contributed by atoms with Crippen LogP contribution in [-0.4, -0.2) is 23.7 Å². The van der Waals surface area contributed by atoms with E-state index in [1.54, 1.807) is 6.08 Å². The van der Waals surface area contributed by atoms with E-state index in [1.165, 1.54) is 11.6 Å². The fraction of sp³-hybridized carbons (Fsp3) is 0.438. The van der Waals surface area contributed by atoms with E-state index in [0.717, 1.165) is 10.0 Å². The summed E-state index contributed by atoms with van der Waals surface area (Å²) in [5, 5.41) is 11.9. The Morgan fingerprint density at radius 1 is 1.45 bits per heavy atom. The summed E-state index contributed by atoms with van der Waals surface area (Å²) >= 11 is 3.48. The van der Waals surface area contributed by atoms with Crippen LogP contribution in [0.4, 0.5) is 0 Å². The molecule has 1 unspecified atom stereocenters. The highest BCUT2D eigenvalue weighted by Gasteiger charge is 2.13. The smallest absolute Gasteiger partial charge is 0.244 e. The first-order valence-corrected chi connectivity index (χ1v) is 7.59. The summed E-state index contributed by atoms with van der Waals surface area (Å²) in [7, 11) is 0. The molecule has 20 heavy (non-hydrogen) atoms. The largest absolute Gasteiger partial charge is 0.396 e. The number of nitrogens with one attached hydrogen (secondary N) is 1. The molecule has 0 radical (unpaired) electrons. The zero-order chi connectivity index (χ0) is 15.1. The SMILES string of the molecule is Cc1ccc(/C=C/C(=O)NC(CCO)C(C)C)c(Br)c1. The second-order valence-corrected chi connectivity index (χ2v) is 6.08. The number of hydrogen-bond donors (Lipinski definition) is 2. The number of aryl methyl sites for hydroxylation is 1. The lowest BCUT2D eigenvalue weighted by Gasteiger charge is -2.20. The molecule has 0 aliphatic heterocycles. The van der Waals surface area contributed by atoms with Gasteiger partial charge in [0.05, 0.1) is 0 Å². The van der Waals surface area contributed by atoms with Gasteiger partial charge in [-0.2, -0.15) is 0 Å². The summed E-state index contributed by atoms with van der Waals surface area (Å²) < 4.78 is 0.970.